The van der Waals surface area contributed by atoms with Crippen LogP contribution in [0.15, 0.2) is 0 Å². The molecule has 0 aliphatic carbocycles. The lowest BCUT2D eigenvalue weighted by molar-refractivity contribution is -0.230. The van der Waals surface area contributed by atoms with Crippen molar-refractivity contribution in [2.75, 3.05) is 13.7 Å². The molecule has 5 nitrogen and oxygen atoms in total. The highest BCUT2D eigenvalue weighted by Gasteiger charge is 2.55. The molecule has 0 spiro atoms. The SMILES string of the molecule is CO[C@@H]1O[C@H](CO)[C@@H]2OC(C)(C)O[C@@H]12. The summed E-state index contributed by atoms with van der Waals surface area (Å²) in [5, 5.41) is 9.08. The zero-order chi connectivity index (χ0) is 10.3. The Bertz CT molecular complexity index is 197. The second kappa shape index (κ2) is 3.43. The molecule has 82 valence electrons. The maximum Gasteiger partial charge on any atom is 0.186 e. The predicted octanol–water partition coefficient (Wildman–Crippen LogP) is -0.130. The quantitative estimate of drug-likeness (QED) is 0.679. The molecular formula is C9H16O5. The van der Waals surface area contributed by atoms with Crippen molar-refractivity contribution < 1.29 is 24.1 Å². The van der Waals surface area contributed by atoms with Crippen LogP contribution in [-0.4, -0.2) is 49.2 Å². The Morgan fingerprint density at radius 1 is 1.29 bits per heavy atom. The van der Waals surface area contributed by atoms with Gasteiger partial charge in [0, 0.05) is 7.11 Å². The summed E-state index contributed by atoms with van der Waals surface area (Å²) in [7, 11) is 1.55. The zero-order valence-corrected chi connectivity index (χ0v) is 8.60. The summed E-state index contributed by atoms with van der Waals surface area (Å²) < 4.78 is 21.8. The number of methoxy groups -OCH3 is 1. The van der Waals surface area contributed by atoms with Crippen LogP contribution in [0.5, 0.6) is 0 Å². The van der Waals surface area contributed by atoms with E-state index in [9.17, 15) is 0 Å². The molecule has 0 aromatic carbocycles. The Balaban J connectivity index is 2.12. The van der Waals surface area contributed by atoms with Gasteiger partial charge in [-0.25, -0.2) is 0 Å². The van der Waals surface area contributed by atoms with Crippen molar-refractivity contribution in [3.05, 3.63) is 0 Å². The fourth-order valence-corrected chi connectivity index (χ4v) is 1.98. The molecule has 0 saturated carbocycles. The van der Waals surface area contributed by atoms with Crippen molar-refractivity contribution >= 4 is 0 Å². The minimum atomic E-state index is -0.622. The molecule has 2 rings (SSSR count). The fourth-order valence-electron chi connectivity index (χ4n) is 1.98. The maximum absolute atomic E-state index is 9.08. The van der Waals surface area contributed by atoms with Crippen LogP contribution in [0, 0.1) is 0 Å². The third kappa shape index (κ3) is 1.55. The summed E-state index contributed by atoms with van der Waals surface area (Å²) in [6.07, 6.45) is -1.28. The van der Waals surface area contributed by atoms with E-state index in [0.717, 1.165) is 0 Å². The number of aliphatic hydroxyl groups excluding tert-OH is 1. The van der Waals surface area contributed by atoms with E-state index in [1.807, 2.05) is 13.8 Å². The van der Waals surface area contributed by atoms with E-state index < -0.39 is 12.1 Å². The summed E-state index contributed by atoms with van der Waals surface area (Å²) in [5.41, 5.74) is 0. The lowest BCUT2D eigenvalue weighted by Crippen LogP contribution is -2.31. The van der Waals surface area contributed by atoms with E-state index in [0.29, 0.717) is 0 Å². The highest BCUT2D eigenvalue weighted by atomic mass is 16.8. The molecular weight excluding hydrogens is 188 g/mol. The Morgan fingerprint density at radius 2 is 1.93 bits per heavy atom. The van der Waals surface area contributed by atoms with E-state index in [1.165, 1.54) is 0 Å². The van der Waals surface area contributed by atoms with Crippen LogP contribution in [0.4, 0.5) is 0 Å². The molecule has 0 unspecified atom stereocenters. The standard InChI is InChI=1S/C9H16O5/c1-9(2)13-6-5(4-10)12-8(11-3)7(6)14-9/h5-8,10H,4H2,1-3H3/t5-,6+,7-,8-/m1/s1. The van der Waals surface area contributed by atoms with Gasteiger partial charge < -0.3 is 24.1 Å². The Hall–Kier alpha value is -0.200. The second-order valence-corrected chi connectivity index (χ2v) is 4.03. The van der Waals surface area contributed by atoms with Gasteiger partial charge >= 0.3 is 0 Å². The number of rotatable bonds is 2. The molecule has 0 aromatic heterocycles. The first-order chi connectivity index (χ1) is 6.57. The van der Waals surface area contributed by atoms with Gasteiger partial charge in [-0.15, -0.1) is 0 Å². The van der Waals surface area contributed by atoms with Crippen LogP contribution in [0.1, 0.15) is 13.8 Å². The van der Waals surface area contributed by atoms with E-state index in [4.69, 9.17) is 24.1 Å². The van der Waals surface area contributed by atoms with Gasteiger partial charge in [0.05, 0.1) is 6.61 Å². The highest BCUT2D eigenvalue weighted by Crippen LogP contribution is 2.38. The summed E-state index contributed by atoms with van der Waals surface area (Å²) in [6, 6.07) is 0. The van der Waals surface area contributed by atoms with Gasteiger partial charge in [-0.1, -0.05) is 0 Å². The molecule has 1 N–H and O–H groups in total. The van der Waals surface area contributed by atoms with Gasteiger partial charge in [-0.3, -0.25) is 0 Å². The van der Waals surface area contributed by atoms with Crippen LogP contribution in [0.2, 0.25) is 0 Å². The number of hydrogen-bond donors (Lipinski definition) is 1. The van der Waals surface area contributed by atoms with Crippen molar-refractivity contribution in [1.29, 1.82) is 0 Å². The highest BCUT2D eigenvalue weighted by molar-refractivity contribution is 4.94. The molecule has 0 bridgehead atoms. The Labute approximate surface area is 82.9 Å². The van der Waals surface area contributed by atoms with Crippen molar-refractivity contribution in [1.82, 2.24) is 0 Å². The van der Waals surface area contributed by atoms with E-state index in [2.05, 4.69) is 0 Å². The average molecular weight is 204 g/mol. The van der Waals surface area contributed by atoms with Crippen LogP contribution in [-0.2, 0) is 18.9 Å². The lowest BCUT2D eigenvalue weighted by atomic mass is 10.1. The number of fused-ring (bicyclic) bond motifs is 1. The van der Waals surface area contributed by atoms with Crippen molar-refractivity contribution in [3.8, 4) is 0 Å². The second-order valence-electron chi connectivity index (χ2n) is 4.03. The van der Waals surface area contributed by atoms with E-state index in [-0.39, 0.29) is 24.9 Å². The van der Waals surface area contributed by atoms with Crippen molar-refractivity contribution in [3.63, 3.8) is 0 Å². The van der Waals surface area contributed by atoms with Crippen LogP contribution >= 0.6 is 0 Å². The number of ether oxygens (including phenoxy) is 4. The minimum absolute atomic E-state index is 0.0829. The van der Waals surface area contributed by atoms with Gasteiger partial charge in [-0.2, -0.15) is 0 Å². The lowest BCUT2D eigenvalue weighted by Gasteiger charge is -2.22. The van der Waals surface area contributed by atoms with Gasteiger partial charge in [-0.05, 0) is 13.8 Å². The molecule has 5 heteroatoms. The number of aliphatic hydroxyl groups is 1. The molecule has 14 heavy (non-hydrogen) atoms. The molecule has 2 aliphatic heterocycles. The largest absolute Gasteiger partial charge is 0.394 e. The molecule has 2 saturated heterocycles. The smallest absolute Gasteiger partial charge is 0.186 e. The number of hydrogen-bond acceptors (Lipinski definition) is 5. The van der Waals surface area contributed by atoms with Gasteiger partial charge in [0.2, 0.25) is 0 Å². The van der Waals surface area contributed by atoms with Gasteiger partial charge in [0.25, 0.3) is 0 Å². The Kier molecular flexibility index (Phi) is 2.53. The molecule has 0 radical (unpaired) electrons. The summed E-state index contributed by atoms with van der Waals surface area (Å²) in [5.74, 6) is -0.622. The first-order valence-corrected chi connectivity index (χ1v) is 4.72. The van der Waals surface area contributed by atoms with Crippen LogP contribution in [0.25, 0.3) is 0 Å². The molecule has 2 aliphatic rings. The molecule has 0 amide bonds. The van der Waals surface area contributed by atoms with Crippen molar-refractivity contribution in [2.24, 2.45) is 0 Å². The summed E-state index contributed by atoms with van der Waals surface area (Å²) in [6.45, 7) is 3.60. The molecule has 2 fully saturated rings. The Morgan fingerprint density at radius 3 is 2.50 bits per heavy atom. The topological polar surface area (TPSA) is 57.2 Å². The van der Waals surface area contributed by atoms with Crippen molar-refractivity contribution in [2.45, 2.75) is 44.2 Å². The fraction of sp³-hybridized carbons (Fsp3) is 1.00. The van der Waals surface area contributed by atoms with Gasteiger partial charge in [0.1, 0.15) is 18.3 Å². The zero-order valence-electron chi connectivity index (χ0n) is 8.60. The van der Waals surface area contributed by atoms with Crippen LogP contribution < -0.4 is 0 Å². The normalized spacial score (nSPS) is 45.4. The third-order valence-electron chi connectivity index (χ3n) is 2.52. The third-order valence-corrected chi connectivity index (χ3v) is 2.52. The summed E-state index contributed by atoms with van der Waals surface area (Å²) in [4.78, 5) is 0. The maximum atomic E-state index is 9.08. The van der Waals surface area contributed by atoms with E-state index in [1.54, 1.807) is 7.11 Å². The van der Waals surface area contributed by atoms with Gasteiger partial charge in [0.15, 0.2) is 12.1 Å². The first-order valence-electron chi connectivity index (χ1n) is 4.72. The minimum Gasteiger partial charge on any atom is -0.394 e. The molecule has 0 aromatic rings. The average Bonchev–Trinajstić information content (AvgIpc) is 2.57. The summed E-state index contributed by atoms with van der Waals surface area (Å²) >= 11 is 0. The predicted molar refractivity (Wildman–Crippen MR) is 46.6 cm³/mol. The molecule has 4 atom stereocenters. The van der Waals surface area contributed by atoms with E-state index >= 15 is 0 Å². The first kappa shape index (κ1) is 10.3. The van der Waals surface area contributed by atoms with Crippen LogP contribution in [0.3, 0.4) is 0 Å². The monoisotopic (exact) mass is 204 g/mol. The molecule has 2 heterocycles.